The molecule has 1 amide bonds. The number of amides is 1. The largest absolute Gasteiger partial charge is 0.496 e. The van der Waals surface area contributed by atoms with Crippen molar-refractivity contribution in [2.24, 2.45) is 17.6 Å². The maximum atomic E-state index is 12.3. The zero-order valence-corrected chi connectivity index (χ0v) is 14.7. The summed E-state index contributed by atoms with van der Waals surface area (Å²) in [6.45, 7) is 6.54. The van der Waals surface area contributed by atoms with Crippen LogP contribution >= 0.6 is 15.9 Å². The van der Waals surface area contributed by atoms with Gasteiger partial charge in [-0.1, -0.05) is 19.9 Å². The number of carbonyl (C=O) groups excluding carboxylic acids is 1. The number of nitrogens with one attached hydrogen (secondary N) is 1. The SMILES string of the molecule is COc1ccc(C(C)NC(=O)C(CN)CC(C)C)cc1Br. The van der Waals surface area contributed by atoms with Gasteiger partial charge >= 0.3 is 0 Å². The first-order valence-electron chi connectivity index (χ1n) is 7.22. The highest BCUT2D eigenvalue weighted by molar-refractivity contribution is 9.10. The van der Waals surface area contributed by atoms with E-state index in [1.165, 1.54) is 0 Å². The minimum absolute atomic E-state index is 0.0191. The van der Waals surface area contributed by atoms with Gasteiger partial charge in [-0.15, -0.1) is 0 Å². The van der Waals surface area contributed by atoms with Crippen molar-refractivity contribution in [3.63, 3.8) is 0 Å². The van der Waals surface area contributed by atoms with Gasteiger partial charge in [0, 0.05) is 6.54 Å². The van der Waals surface area contributed by atoms with Crippen molar-refractivity contribution in [2.75, 3.05) is 13.7 Å². The lowest BCUT2D eigenvalue weighted by Crippen LogP contribution is -2.37. The Morgan fingerprint density at radius 1 is 1.38 bits per heavy atom. The molecule has 0 aliphatic carbocycles. The smallest absolute Gasteiger partial charge is 0.224 e. The lowest BCUT2D eigenvalue weighted by molar-refractivity contribution is -0.125. The Balaban J connectivity index is 2.73. The Morgan fingerprint density at radius 3 is 2.52 bits per heavy atom. The van der Waals surface area contributed by atoms with Crippen LogP contribution in [-0.2, 0) is 4.79 Å². The highest BCUT2D eigenvalue weighted by atomic mass is 79.9. The number of ether oxygens (including phenoxy) is 1. The van der Waals surface area contributed by atoms with E-state index in [2.05, 4.69) is 35.1 Å². The lowest BCUT2D eigenvalue weighted by atomic mass is 9.96. The van der Waals surface area contributed by atoms with E-state index in [0.717, 1.165) is 22.2 Å². The molecule has 1 aromatic rings. The maximum Gasteiger partial charge on any atom is 0.224 e. The summed E-state index contributed by atoms with van der Waals surface area (Å²) in [5, 5.41) is 3.04. The number of benzene rings is 1. The van der Waals surface area contributed by atoms with Gasteiger partial charge in [-0.2, -0.15) is 0 Å². The molecule has 0 saturated carbocycles. The van der Waals surface area contributed by atoms with Crippen LogP contribution < -0.4 is 15.8 Å². The molecule has 118 valence electrons. The molecule has 0 radical (unpaired) electrons. The normalized spacial score (nSPS) is 13.9. The van der Waals surface area contributed by atoms with Gasteiger partial charge in [0.05, 0.1) is 23.5 Å². The van der Waals surface area contributed by atoms with Crippen molar-refractivity contribution < 1.29 is 9.53 Å². The molecule has 0 saturated heterocycles. The summed E-state index contributed by atoms with van der Waals surface area (Å²) >= 11 is 3.46. The maximum absolute atomic E-state index is 12.3. The van der Waals surface area contributed by atoms with E-state index in [0.29, 0.717) is 12.5 Å². The van der Waals surface area contributed by atoms with Crippen LogP contribution in [-0.4, -0.2) is 19.6 Å². The van der Waals surface area contributed by atoms with E-state index in [1.54, 1.807) is 7.11 Å². The Hall–Kier alpha value is -1.07. The van der Waals surface area contributed by atoms with Gasteiger partial charge in [0.2, 0.25) is 5.91 Å². The molecule has 2 atom stereocenters. The number of hydrogen-bond donors (Lipinski definition) is 2. The number of carbonyl (C=O) groups is 1. The summed E-state index contributed by atoms with van der Waals surface area (Å²) in [5.41, 5.74) is 6.74. The van der Waals surface area contributed by atoms with Crippen molar-refractivity contribution in [3.05, 3.63) is 28.2 Å². The standard InChI is InChI=1S/C16H25BrN2O2/c1-10(2)7-13(9-18)16(20)19-11(3)12-5-6-15(21-4)14(17)8-12/h5-6,8,10-11,13H,7,9,18H2,1-4H3,(H,19,20). The van der Waals surface area contributed by atoms with E-state index in [1.807, 2.05) is 25.1 Å². The van der Waals surface area contributed by atoms with Gasteiger partial charge in [0.25, 0.3) is 0 Å². The zero-order chi connectivity index (χ0) is 16.0. The van der Waals surface area contributed by atoms with Gasteiger partial charge < -0.3 is 15.8 Å². The number of nitrogens with two attached hydrogens (primary N) is 1. The monoisotopic (exact) mass is 356 g/mol. The summed E-state index contributed by atoms with van der Waals surface area (Å²) < 4.78 is 6.09. The van der Waals surface area contributed by atoms with Gasteiger partial charge in [-0.05, 0) is 52.9 Å². The van der Waals surface area contributed by atoms with E-state index in [9.17, 15) is 4.79 Å². The highest BCUT2D eigenvalue weighted by Crippen LogP contribution is 2.28. The third-order valence-electron chi connectivity index (χ3n) is 3.45. The molecule has 0 aliphatic rings. The summed E-state index contributed by atoms with van der Waals surface area (Å²) in [6.07, 6.45) is 0.807. The van der Waals surface area contributed by atoms with Crippen LogP contribution in [0.3, 0.4) is 0 Å². The molecule has 1 rings (SSSR count). The lowest BCUT2D eigenvalue weighted by Gasteiger charge is -2.21. The van der Waals surface area contributed by atoms with Crippen LogP contribution in [0.5, 0.6) is 5.75 Å². The van der Waals surface area contributed by atoms with Crippen LogP contribution in [0, 0.1) is 11.8 Å². The van der Waals surface area contributed by atoms with E-state index in [-0.39, 0.29) is 17.9 Å². The molecule has 1 aromatic carbocycles. The molecule has 0 fully saturated rings. The van der Waals surface area contributed by atoms with E-state index >= 15 is 0 Å². The molecule has 0 heterocycles. The Morgan fingerprint density at radius 2 is 2.05 bits per heavy atom. The molecule has 3 N–H and O–H groups in total. The molecule has 5 heteroatoms. The first-order chi connectivity index (χ1) is 9.88. The minimum atomic E-state index is -0.130. The minimum Gasteiger partial charge on any atom is -0.496 e. The molecule has 0 bridgehead atoms. The van der Waals surface area contributed by atoms with Crippen LogP contribution in [0.1, 0.15) is 38.8 Å². The second-order valence-corrected chi connectivity index (χ2v) is 6.54. The molecule has 0 aromatic heterocycles. The average Bonchev–Trinajstić information content (AvgIpc) is 2.44. The highest BCUT2D eigenvalue weighted by Gasteiger charge is 2.20. The fraction of sp³-hybridized carbons (Fsp3) is 0.562. The molecule has 0 spiro atoms. The molecule has 0 aliphatic heterocycles. The van der Waals surface area contributed by atoms with Gasteiger partial charge in [0.15, 0.2) is 0 Å². The van der Waals surface area contributed by atoms with Crippen LogP contribution in [0.4, 0.5) is 0 Å². The quantitative estimate of drug-likeness (QED) is 0.787. The third-order valence-corrected chi connectivity index (χ3v) is 4.07. The second-order valence-electron chi connectivity index (χ2n) is 5.69. The van der Waals surface area contributed by atoms with E-state index in [4.69, 9.17) is 10.5 Å². The van der Waals surface area contributed by atoms with E-state index < -0.39 is 0 Å². The van der Waals surface area contributed by atoms with Gasteiger partial charge in [0.1, 0.15) is 5.75 Å². The summed E-state index contributed by atoms with van der Waals surface area (Å²) in [5.74, 6) is 1.12. The topological polar surface area (TPSA) is 64.3 Å². The van der Waals surface area contributed by atoms with Crippen molar-refractivity contribution in [1.82, 2.24) is 5.32 Å². The number of methoxy groups -OCH3 is 1. The molecule has 21 heavy (non-hydrogen) atoms. The fourth-order valence-electron chi connectivity index (χ4n) is 2.25. The predicted molar refractivity (Wildman–Crippen MR) is 89.3 cm³/mol. The average molecular weight is 357 g/mol. The van der Waals surface area contributed by atoms with Crippen LogP contribution in [0.25, 0.3) is 0 Å². The third kappa shape index (κ3) is 5.32. The molecule has 4 nitrogen and oxygen atoms in total. The van der Waals surface area contributed by atoms with Crippen molar-refractivity contribution in [3.8, 4) is 5.75 Å². The summed E-state index contributed by atoms with van der Waals surface area (Å²) in [4.78, 5) is 12.3. The zero-order valence-electron chi connectivity index (χ0n) is 13.2. The predicted octanol–water partition coefficient (Wildman–Crippen LogP) is 3.26. The number of hydrogen-bond acceptors (Lipinski definition) is 3. The molecular weight excluding hydrogens is 332 g/mol. The Labute approximate surface area is 135 Å². The van der Waals surface area contributed by atoms with Crippen molar-refractivity contribution >= 4 is 21.8 Å². The second kappa shape index (κ2) is 8.39. The Bertz CT molecular complexity index is 477. The molecule has 2 unspecified atom stereocenters. The fourth-order valence-corrected chi connectivity index (χ4v) is 2.80. The van der Waals surface area contributed by atoms with Crippen molar-refractivity contribution in [1.29, 1.82) is 0 Å². The van der Waals surface area contributed by atoms with Crippen LogP contribution in [0.2, 0.25) is 0 Å². The van der Waals surface area contributed by atoms with Gasteiger partial charge in [-0.3, -0.25) is 4.79 Å². The molecular formula is C16H25BrN2O2. The first kappa shape index (κ1) is 18.0. The number of halogens is 1. The first-order valence-corrected chi connectivity index (χ1v) is 8.02. The summed E-state index contributed by atoms with van der Waals surface area (Å²) in [6, 6.07) is 5.73. The van der Waals surface area contributed by atoms with Gasteiger partial charge in [-0.25, -0.2) is 0 Å². The van der Waals surface area contributed by atoms with Crippen molar-refractivity contribution in [2.45, 2.75) is 33.2 Å². The van der Waals surface area contributed by atoms with Crippen LogP contribution in [0.15, 0.2) is 22.7 Å². The summed E-state index contributed by atoms with van der Waals surface area (Å²) in [7, 11) is 1.63. The number of rotatable bonds is 7. The Kier molecular flexibility index (Phi) is 7.18.